The Morgan fingerprint density at radius 3 is 2.44 bits per heavy atom. The average molecular weight is 751 g/mol. The Balaban J connectivity index is 1.28. The Morgan fingerprint density at radius 1 is 1.09 bits per heavy atom. The SMILES string of the molecule is C=C(C)C1C(=O)c2c3c(cc4c5c(n1c24)C1(C)C(CCC2C(C)(/C=C/C=C(\C)C(=O)NC(C)(C)CO)C(O)CCC21C)C5)C1=CC(C)(C)OC(C)(C)C1C3O. The van der Waals surface area contributed by atoms with Crippen molar-refractivity contribution >= 4 is 28.2 Å². The van der Waals surface area contributed by atoms with Crippen molar-refractivity contribution in [1.82, 2.24) is 9.88 Å². The van der Waals surface area contributed by atoms with E-state index >= 15 is 0 Å². The molecule has 8 rings (SSSR count). The van der Waals surface area contributed by atoms with E-state index in [2.05, 4.69) is 83.1 Å². The largest absolute Gasteiger partial charge is 0.394 e. The van der Waals surface area contributed by atoms with Crippen molar-refractivity contribution in [2.45, 2.75) is 149 Å². The second-order valence-corrected chi connectivity index (χ2v) is 20.5. The zero-order valence-corrected chi connectivity index (χ0v) is 34.8. The Kier molecular flexibility index (Phi) is 8.33. The Labute approximate surface area is 326 Å². The molecule has 0 radical (unpaired) electrons. The van der Waals surface area contributed by atoms with Crippen LogP contribution >= 0.6 is 0 Å². The molecule has 6 aliphatic rings. The van der Waals surface area contributed by atoms with Gasteiger partial charge in [0.05, 0.1) is 46.6 Å². The summed E-state index contributed by atoms with van der Waals surface area (Å²) < 4.78 is 8.89. The Morgan fingerprint density at radius 2 is 1.78 bits per heavy atom. The van der Waals surface area contributed by atoms with Gasteiger partial charge in [-0.25, -0.2) is 0 Å². The second kappa shape index (κ2) is 11.9. The van der Waals surface area contributed by atoms with Crippen LogP contribution in [-0.2, 0) is 21.4 Å². The van der Waals surface area contributed by atoms with Crippen LogP contribution < -0.4 is 5.32 Å². The fourth-order valence-corrected chi connectivity index (χ4v) is 13.0. The number of amides is 1. The molecule has 2 aliphatic heterocycles. The fraction of sp³-hybridized carbons (Fsp3) is 0.617. The lowest BCUT2D eigenvalue weighted by Crippen LogP contribution is -2.62. The first kappa shape index (κ1) is 38.6. The minimum Gasteiger partial charge on any atom is -0.394 e. The number of Topliss-reactive ketones (excluding diaryl/α,β-unsaturated/α-hetero) is 1. The number of aromatic nitrogens is 1. The van der Waals surface area contributed by atoms with Gasteiger partial charge in [-0.1, -0.05) is 51.2 Å². The molecular formula is C47H62N2O6. The summed E-state index contributed by atoms with van der Waals surface area (Å²) in [7, 11) is 0. The van der Waals surface area contributed by atoms with E-state index in [0.717, 1.165) is 58.9 Å². The van der Waals surface area contributed by atoms with Crippen LogP contribution in [0, 0.1) is 28.6 Å². The molecule has 55 heavy (non-hydrogen) atoms. The molecule has 2 aromatic rings. The van der Waals surface area contributed by atoms with Crippen LogP contribution in [0.5, 0.6) is 0 Å². The summed E-state index contributed by atoms with van der Waals surface area (Å²) in [5.41, 5.74) is 5.36. The van der Waals surface area contributed by atoms with Gasteiger partial charge >= 0.3 is 0 Å². The second-order valence-electron chi connectivity index (χ2n) is 20.5. The first-order chi connectivity index (χ1) is 25.5. The third kappa shape index (κ3) is 5.02. The highest BCUT2D eigenvalue weighted by atomic mass is 16.5. The predicted molar refractivity (Wildman–Crippen MR) is 217 cm³/mol. The molecule has 9 unspecified atom stereocenters. The summed E-state index contributed by atoms with van der Waals surface area (Å²) in [6, 6.07) is 1.75. The lowest BCUT2D eigenvalue weighted by Gasteiger charge is -2.64. The number of aliphatic hydroxyl groups excluding tert-OH is 3. The van der Waals surface area contributed by atoms with Crippen molar-refractivity contribution in [3.8, 4) is 0 Å². The van der Waals surface area contributed by atoms with Gasteiger partial charge in [-0.3, -0.25) is 9.59 Å². The topological polar surface area (TPSA) is 121 Å². The van der Waals surface area contributed by atoms with Gasteiger partial charge in [-0.05, 0) is 134 Å². The third-order valence-corrected chi connectivity index (χ3v) is 15.6. The molecule has 4 aliphatic carbocycles. The summed E-state index contributed by atoms with van der Waals surface area (Å²) in [6.45, 7) is 26.9. The normalized spacial score (nSPS) is 37.0. The Bertz CT molecular complexity index is 2160. The zero-order valence-electron chi connectivity index (χ0n) is 34.8. The van der Waals surface area contributed by atoms with E-state index in [4.69, 9.17) is 4.74 Å². The number of allylic oxidation sites excluding steroid dienone is 3. The average Bonchev–Trinajstić information content (AvgIpc) is 3.75. The van der Waals surface area contributed by atoms with Crippen molar-refractivity contribution in [3.05, 3.63) is 76.0 Å². The first-order valence-electron chi connectivity index (χ1n) is 20.5. The van der Waals surface area contributed by atoms with Gasteiger partial charge in [0.2, 0.25) is 5.91 Å². The van der Waals surface area contributed by atoms with E-state index < -0.39 is 40.4 Å². The van der Waals surface area contributed by atoms with Crippen molar-refractivity contribution in [1.29, 1.82) is 0 Å². The van der Waals surface area contributed by atoms with Gasteiger partial charge in [0.15, 0.2) is 5.78 Å². The van der Waals surface area contributed by atoms with Crippen LogP contribution in [0.15, 0.2) is 48.1 Å². The highest BCUT2D eigenvalue weighted by Crippen LogP contribution is 2.71. The summed E-state index contributed by atoms with van der Waals surface area (Å²) >= 11 is 0. The number of nitrogens with one attached hydrogen (secondary N) is 1. The number of benzene rings is 1. The number of ether oxygens (including phenoxy) is 1. The zero-order chi connectivity index (χ0) is 40.2. The maximum absolute atomic E-state index is 14.9. The van der Waals surface area contributed by atoms with E-state index in [1.165, 1.54) is 11.3 Å². The number of ketones is 1. The highest BCUT2D eigenvalue weighted by molar-refractivity contribution is 6.18. The number of hydrogen-bond donors (Lipinski definition) is 4. The quantitative estimate of drug-likeness (QED) is 0.135. The number of carbonyl (C=O) groups excluding carboxylic acids is 2. The number of aliphatic hydroxyl groups is 3. The molecule has 4 N–H and O–H groups in total. The maximum Gasteiger partial charge on any atom is 0.247 e. The van der Waals surface area contributed by atoms with Crippen molar-refractivity contribution in [2.75, 3.05) is 6.61 Å². The van der Waals surface area contributed by atoms with Gasteiger partial charge in [0, 0.05) is 39.0 Å². The molecule has 3 heterocycles. The van der Waals surface area contributed by atoms with Crippen LogP contribution in [0.2, 0.25) is 0 Å². The van der Waals surface area contributed by atoms with Crippen LogP contribution in [-0.4, -0.2) is 61.0 Å². The molecule has 2 fully saturated rings. The number of nitrogens with zero attached hydrogens (tertiary/aromatic N) is 1. The van der Waals surface area contributed by atoms with E-state index in [1.807, 2.05) is 19.1 Å². The molecule has 1 aromatic heterocycles. The van der Waals surface area contributed by atoms with E-state index in [1.54, 1.807) is 20.8 Å². The van der Waals surface area contributed by atoms with E-state index in [-0.39, 0.29) is 41.0 Å². The lowest BCUT2D eigenvalue weighted by atomic mass is 9.40. The molecule has 9 atom stereocenters. The minimum atomic E-state index is -0.866. The van der Waals surface area contributed by atoms with E-state index in [9.17, 15) is 24.9 Å². The number of fused-ring (bicyclic) bond motifs is 11. The van der Waals surface area contributed by atoms with Crippen LogP contribution in [0.3, 0.4) is 0 Å². The van der Waals surface area contributed by atoms with Crippen LogP contribution in [0.25, 0.3) is 16.5 Å². The lowest BCUT2D eigenvalue weighted by molar-refractivity contribution is -0.144. The molecule has 1 amide bonds. The standard InChI is InChI=1S/C47H62N2O6/c1-24(2)36-39(53)34-33-27(30-22-43(6,7)55-44(8,9)35(30)38(33)52)21-28-29-20-26-15-16-31-45(10,18-13-14-25(3)41(54)48-42(4,5)23-50)32(51)17-19-46(31,11)47(26,12)40(29)49(36)37(28)34/h13-14,18,21-22,26,31-32,35-36,38,50-52H,1,15-17,19-20,23H2,2-12H3,(H,48,54)/b18-13+,25-14+. The van der Waals surface area contributed by atoms with Gasteiger partial charge in [-0.15, -0.1) is 0 Å². The monoisotopic (exact) mass is 750 g/mol. The fourth-order valence-electron chi connectivity index (χ4n) is 13.0. The van der Waals surface area contributed by atoms with Gasteiger partial charge in [0.25, 0.3) is 0 Å². The van der Waals surface area contributed by atoms with Crippen molar-refractivity contribution in [3.63, 3.8) is 0 Å². The predicted octanol–water partition coefficient (Wildman–Crippen LogP) is 7.99. The molecule has 0 spiro atoms. The summed E-state index contributed by atoms with van der Waals surface area (Å²) in [4.78, 5) is 27.9. The molecule has 0 saturated heterocycles. The molecule has 2 saturated carbocycles. The number of carbonyl (C=O) groups is 2. The van der Waals surface area contributed by atoms with Crippen molar-refractivity contribution in [2.24, 2.45) is 28.6 Å². The molecule has 8 nitrogen and oxygen atoms in total. The molecule has 296 valence electrons. The number of rotatable bonds is 6. The molecule has 0 bridgehead atoms. The van der Waals surface area contributed by atoms with Crippen LogP contribution in [0.4, 0.5) is 0 Å². The molecule has 8 heteroatoms. The summed E-state index contributed by atoms with van der Waals surface area (Å²) in [6.07, 6.45) is 11.0. The Hall–Kier alpha value is -3.30. The maximum atomic E-state index is 14.9. The van der Waals surface area contributed by atoms with Crippen molar-refractivity contribution < 1.29 is 29.6 Å². The minimum absolute atomic E-state index is 0.0217. The van der Waals surface area contributed by atoms with Gasteiger partial charge < -0.3 is 29.9 Å². The third-order valence-electron chi connectivity index (χ3n) is 15.6. The number of hydrogen-bond acceptors (Lipinski definition) is 6. The highest BCUT2D eigenvalue weighted by Gasteiger charge is 2.67. The molecule has 1 aromatic carbocycles. The molecular weight excluding hydrogens is 689 g/mol. The summed E-state index contributed by atoms with van der Waals surface area (Å²) in [5.74, 6) is 0.0126. The van der Waals surface area contributed by atoms with Crippen LogP contribution in [0.1, 0.15) is 147 Å². The van der Waals surface area contributed by atoms with E-state index in [0.29, 0.717) is 23.5 Å². The van der Waals surface area contributed by atoms with Gasteiger partial charge in [0.1, 0.15) is 6.04 Å². The van der Waals surface area contributed by atoms with Gasteiger partial charge in [-0.2, -0.15) is 0 Å². The summed E-state index contributed by atoms with van der Waals surface area (Å²) in [5, 5.41) is 37.7. The smallest absolute Gasteiger partial charge is 0.247 e. The first-order valence-corrected chi connectivity index (χ1v) is 20.5.